The number of nitrogens with zero attached hydrogens (tertiary/aromatic N) is 3. The van der Waals surface area contributed by atoms with E-state index in [9.17, 15) is 9.59 Å². The number of benzene rings is 3. The zero-order valence-electron chi connectivity index (χ0n) is 28.3. The number of alkyl carbamates (subject to hydrolysis) is 1. The molecule has 0 bridgehead atoms. The minimum atomic E-state index is -0.647. The third kappa shape index (κ3) is 9.13. The van der Waals surface area contributed by atoms with Gasteiger partial charge in [0.1, 0.15) is 17.2 Å². The molecule has 1 N–H and O–H groups in total. The molecule has 250 valence electrons. The van der Waals surface area contributed by atoms with Gasteiger partial charge in [0.2, 0.25) is 5.91 Å². The van der Waals surface area contributed by atoms with Gasteiger partial charge in [0.15, 0.2) is 0 Å². The second-order valence-electron chi connectivity index (χ2n) is 13.3. The van der Waals surface area contributed by atoms with Crippen LogP contribution in [0.2, 0.25) is 0 Å². The van der Waals surface area contributed by atoms with Gasteiger partial charge in [-0.05, 0) is 87.4 Å². The quantitative estimate of drug-likeness (QED) is 0.168. The van der Waals surface area contributed by atoms with E-state index < -0.39 is 17.7 Å². The zero-order valence-corrected chi connectivity index (χ0v) is 28.3. The van der Waals surface area contributed by atoms with Crippen molar-refractivity contribution < 1.29 is 23.8 Å². The maximum absolute atomic E-state index is 13.9. The Morgan fingerprint density at radius 2 is 1.79 bits per heavy atom. The molecule has 2 amide bonds. The topological polar surface area (TPSA) is 94.9 Å². The molecule has 2 atom stereocenters. The lowest BCUT2D eigenvalue weighted by atomic mass is 9.95. The summed E-state index contributed by atoms with van der Waals surface area (Å²) in [7, 11) is 3.38. The van der Waals surface area contributed by atoms with Crippen molar-refractivity contribution >= 4 is 23.0 Å². The van der Waals surface area contributed by atoms with Crippen LogP contribution in [-0.4, -0.2) is 72.0 Å². The average molecular weight is 641 g/mol. The number of aryl methyl sites for hydroxylation is 1. The third-order valence-corrected chi connectivity index (χ3v) is 8.53. The van der Waals surface area contributed by atoms with E-state index in [1.165, 1.54) is 0 Å². The number of amides is 2. The molecule has 2 heterocycles. The van der Waals surface area contributed by atoms with Gasteiger partial charge in [-0.25, -0.2) is 9.78 Å². The summed E-state index contributed by atoms with van der Waals surface area (Å²) in [5.41, 5.74) is 4.58. The average Bonchev–Trinajstić information content (AvgIpc) is 3.43. The first-order valence-electron chi connectivity index (χ1n) is 16.6. The Labute approximate surface area is 278 Å². The van der Waals surface area contributed by atoms with Crippen LogP contribution in [0.1, 0.15) is 63.8 Å². The number of piperidine rings is 1. The first-order chi connectivity index (χ1) is 22.6. The number of hydrogen-bond donors (Lipinski definition) is 1. The highest BCUT2D eigenvalue weighted by Gasteiger charge is 2.30. The molecule has 1 aromatic heterocycles. The Kier molecular flexibility index (Phi) is 11.2. The van der Waals surface area contributed by atoms with E-state index in [0.717, 1.165) is 65.1 Å². The van der Waals surface area contributed by atoms with Crippen LogP contribution in [0.3, 0.4) is 0 Å². The van der Waals surface area contributed by atoms with Gasteiger partial charge in [0.05, 0.1) is 18.1 Å². The van der Waals surface area contributed by atoms with Crippen LogP contribution in [0.15, 0.2) is 72.8 Å². The van der Waals surface area contributed by atoms with Crippen LogP contribution in [0.25, 0.3) is 22.2 Å². The van der Waals surface area contributed by atoms with Crippen LogP contribution in [-0.2, 0) is 27.2 Å². The van der Waals surface area contributed by atoms with Crippen LogP contribution in [0.5, 0.6) is 5.75 Å². The monoisotopic (exact) mass is 640 g/mol. The van der Waals surface area contributed by atoms with Crippen molar-refractivity contribution in [3.05, 3.63) is 84.2 Å². The van der Waals surface area contributed by atoms with Crippen molar-refractivity contribution in [3.8, 4) is 16.9 Å². The normalized spacial score (nSPS) is 15.8. The largest absolute Gasteiger partial charge is 0.497 e. The van der Waals surface area contributed by atoms with Crippen LogP contribution in [0.4, 0.5) is 4.79 Å². The number of carbonyl (C=O) groups excluding carboxylic acids is 2. The lowest BCUT2D eigenvalue weighted by Crippen LogP contribution is -2.46. The van der Waals surface area contributed by atoms with Crippen LogP contribution >= 0.6 is 0 Å². The number of imidazole rings is 1. The standard InChI is InChI=1S/C38H48N4O5/c1-38(2,3)47-37(44)39-31(23-27-16-18-28(19-17-27)29-11-8-13-32(24-29)46-5)25-35(43)41-20-9-12-30(26-41)36-40-33-14-6-7-15-34(33)42(36)21-10-22-45-4/h6-8,11,13-19,24,30-31H,9-10,12,20-23,25-26H2,1-5H3,(H,39,44)/t30-,31-/m1/s1. The Hall–Kier alpha value is -4.37. The predicted molar refractivity (Wildman–Crippen MR) is 185 cm³/mol. The molecule has 47 heavy (non-hydrogen) atoms. The number of para-hydroxylation sites is 2. The summed E-state index contributed by atoms with van der Waals surface area (Å²) in [5, 5.41) is 3.00. The molecule has 0 unspecified atom stereocenters. The molecule has 1 saturated heterocycles. The van der Waals surface area contributed by atoms with E-state index >= 15 is 0 Å². The van der Waals surface area contributed by atoms with Crippen molar-refractivity contribution in [1.29, 1.82) is 0 Å². The summed E-state index contributed by atoms with van der Waals surface area (Å²) in [6.07, 6.45) is 2.90. The molecule has 9 nitrogen and oxygen atoms in total. The first-order valence-corrected chi connectivity index (χ1v) is 16.6. The van der Waals surface area contributed by atoms with E-state index in [4.69, 9.17) is 19.2 Å². The smallest absolute Gasteiger partial charge is 0.407 e. The Morgan fingerprint density at radius 1 is 1.00 bits per heavy atom. The molecule has 0 spiro atoms. The lowest BCUT2D eigenvalue weighted by molar-refractivity contribution is -0.132. The van der Waals surface area contributed by atoms with Crippen molar-refractivity contribution in [2.45, 2.75) is 77.0 Å². The van der Waals surface area contributed by atoms with Gasteiger partial charge in [0, 0.05) is 51.7 Å². The highest BCUT2D eigenvalue weighted by atomic mass is 16.6. The van der Waals surface area contributed by atoms with E-state index in [1.807, 2.05) is 80.3 Å². The van der Waals surface area contributed by atoms with Gasteiger partial charge in [-0.15, -0.1) is 0 Å². The minimum absolute atomic E-state index is 0.0193. The highest BCUT2D eigenvalue weighted by Crippen LogP contribution is 2.30. The van der Waals surface area contributed by atoms with Gasteiger partial charge in [0.25, 0.3) is 0 Å². The molecule has 0 aliphatic carbocycles. The number of likely N-dealkylation sites (tertiary alicyclic amines) is 1. The Morgan fingerprint density at radius 3 is 2.53 bits per heavy atom. The summed E-state index contributed by atoms with van der Waals surface area (Å²) in [5.74, 6) is 1.98. The van der Waals surface area contributed by atoms with Crippen LogP contribution < -0.4 is 10.1 Å². The fourth-order valence-corrected chi connectivity index (χ4v) is 6.33. The molecule has 3 aromatic carbocycles. The number of rotatable bonds is 12. The van der Waals surface area contributed by atoms with Gasteiger partial charge < -0.3 is 29.0 Å². The molecule has 9 heteroatoms. The van der Waals surface area contributed by atoms with Crippen molar-refractivity contribution in [3.63, 3.8) is 0 Å². The number of fused-ring (bicyclic) bond motifs is 1. The fourth-order valence-electron chi connectivity index (χ4n) is 6.33. The fraction of sp³-hybridized carbons (Fsp3) is 0.447. The predicted octanol–water partition coefficient (Wildman–Crippen LogP) is 6.98. The number of ether oxygens (including phenoxy) is 3. The number of hydrogen-bond acceptors (Lipinski definition) is 6. The SMILES string of the molecule is COCCCn1c([C@@H]2CCCN(C(=O)C[C@@H](Cc3ccc(-c4cccc(OC)c4)cc3)NC(=O)OC(C)(C)C)C2)nc2ccccc21. The summed E-state index contributed by atoms with van der Waals surface area (Å²) in [4.78, 5) is 33.8. The third-order valence-electron chi connectivity index (χ3n) is 8.53. The number of aromatic nitrogens is 2. The maximum atomic E-state index is 13.9. The second-order valence-corrected chi connectivity index (χ2v) is 13.3. The molecule has 1 aliphatic rings. The van der Waals surface area contributed by atoms with Gasteiger partial charge >= 0.3 is 6.09 Å². The molecular weight excluding hydrogens is 592 g/mol. The van der Waals surface area contributed by atoms with E-state index in [1.54, 1.807) is 14.2 Å². The molecule has 0 saturated carbocycles. The Balaban J connectivity index is 1.31. The summed E-state index contributed by atoms with van der Waals surface area (Å²) in [6, 6.07) is 23.9. The Bertz CT molecular complexity index is 1640. The van der Waals surface area contributed by atoms with Gasteiger partial charge in [-0.3, -0.25) is 4.79 Å². The summed E-state index contributed by atoms with van der Waals surface area (Å²) < 4.78 is 18.6. The van der Waals surface area contributed by atoms with E-state index in [0.29, 0.717) is 26.1 Å². The maximum Gasteiger partial charge on any atom is 0.407 e. The van der Waals surface area contributed by atoms with Gasteiger partial charge in [-0.1, -0.05) is 48.5 Å². The summed E-state index contributed by atoms with van der Waals surface area (Å²) in [6.45, 7) is 8.28. The molecule has 0 radical (unpaired) electrons. The van der Waals surface area contributed by atoms with Crippen LogP contribution in [0, 0.1) is 0 Å². The number of nitrogens with one attached hydrogen (secondary N) is 1. The molecule has 1 fully saturated rings. The van der Waals surface area contributed by atoms with Crippen molar-refractivity contribution in [2.24, 2.45) is 0 Å². The van der Waals surface area contributed by atoms with E-state index in [-0.39, 0.29) is 18.2 Å². The minimum Gasteiger partial charge on any atom is -0.497 e. The lowest BCUT2D eigenvalue weighted by Gasteiger charge is -2.34. The first kappa shape index (κ1) is 34.0. The molecule has 4 aromatic rings. The summed E-state index contributed by atoms with van der Waals surface area (Å²) >= 11 is 0. The molecule has 1 aliphatic heterocycles. The highest BCUT2D eigenvalue weighted by molar-refractivity contribution is 5.79. The number of methoxy groups -OCH3 is 2. The van der Waals surface area contributed by atoms with Crippen molar-refractivity contribution in [1.82, 2.24) is 19.8 Å². The van der Waals surface area contributed by atoms with E-state index in [2.05, 4.69) is 28.1 Å². The van der Waals surface area contributed by atoms with Crippen molar-refractivity contribution in [2.75, 3.05) is 33.9 Å². The molecular formula is C38H48N4O5. The second kappa shape index (κ2) is 15.5. The van der Waals surface area contributed by atoms with Gasteiger partial charge in [-0.2, -0.15) is 0 Å². The zero-order chi connectivity index (χ0) is 33.4. The molecule has 5 rings (SSSR count). The number of carbonyl (C=O) groups is 2.